The molecule has 1 amide bonds. The maximum absolute atomic E-state index is 14.0. The van der Waals surface area contributed by atoms with Crippen LogP contribution in [-0.4, -0.2) is 57.6 Å². The second-order valence-electron chi connectivity index (χ2n) is 7.69. The lowest BCUT2D eigenvalue weighted by Gasteiger charge is -2.35. The molecule has 1 aromatic heterocycles. The molecule has 2 aliphatic heterocycles. The molecule has 5 nitrogen and oxygen atoms in total. The SMILES string of the molecule is CC(C)N1CCC(N2CCCC(c3nnc(-c4ccccc4F)s3)C2)C1=O. The van der Waals surface area contributed by atoms with Crippen LogP contribution in [0.5, 0.6) is 0 Å². The largest absolute Gasteiger partial charge is 0.339 e. The number of hydrogen-bond acceptors (Lipinski definition) is 5. The molecule has 0 N–H and O–H groups in total. The molecule has 2 fully saturated rings. The molecule has 7 heteroatoms. The first-order chi connectivity index (χ1) is 13.0. The average Bonchev–Trinajstić information content (AvgIpc) is 3.29. The first-order valence-corrected chi connectivity index (χ1v) is 10.5. The van der Waals surface area contributed by atoms with Gasteiger partial charge in [0, 0.05) is 30.6 Å². The predicted molar refractivity (Wildman–Crippen MR) is 104 cm³/mol. The fourth-order valence-electron chi connectivity index (χ4n) is 4.17. The van der Waals surface area contributed by atoms with Gasteiger partial charge in [-0.25, -0.2) is 4.39 Å². The Morgan fingerprint density at radius 3 is 2.74 bits per heavy atom. The summed E-state index contributed by atoms with van der Waals surface area (Å²) in [5.74, 6) is 0.253. The smallest absolute Gasteiger partial charge is 0.240 e. The van der Waals surface area contributed by atoms with Gasteiger partial charge in [-0.05, 0) is 51.8 Å². The van der Waals surface area contributed by atoms with E-state index in [0.717, 1.165) is 43.9 Å². The zero-order chi connectivity index (χ0) is 19.0. The van der Waals surface area contributed by atoms with Crippen LogP contribution in [0.1, 0.15) is 44.0 Å². The highest BCUT2D eigenvalue weighted by molar-refractivity contribution is 7.14. The van der Waals surface area contributed by atoms with Crippen LogP contribution in [0.15, 0.2) is 24.3 Å². The van der Waals surface area contributed by atoms with Gasteiger partial charge in [0.2, 0.25) is 5.91 Å². The lowest BCUT2D eigenvalue weighted by atomic mass is 9.97. The Kier molecular flexibility index (Phi) is 5.23. The molecule has 2 saturated heterocycles. The topological polar surface area (TPSA) is 49.3 Å². The lowest BCUT2D eigenvalue weighted by molar-refractivity contribution is -0.133. The standard InChI is InChI=1S/C20H25FN4OS/c1-13(2)25-11-9-17(20(25)26)24-10-5-6-14(12-24)18-22-23-19(27-18)15-7-3-4-8-16(15)21/h3-4,7-8,13-14,17H,5-6,9-12H2,1-2H3. The Labute approximate surface area is 163 Å². The van der Waals surface area contributed by atoms with Gasteiger partial charge in [-0.3, -0.25) is 9.69 Å². The molecule has 0 bridgehead atoms. The molecular formula is C20H25FN4OS. The molecule has 0 spiro atoms. The van der Waals surface area contributed by atoms with Gasteiger partial charge < -0.3 is 4.90 Å². The molecule has 0 radical (unpaired) electrons. The molecule has 4 rings (SSSR count). The van der Waals surface area contributed by atoms with Crippen LogP contribution in [0.2, 0.25) is 0 Å². The molecule has 27 heavy (non-hydrogen) atoms. The van der Waals surface area contributed by atoms with E-state index in [4.69, 9.17) is 0 Å². The van der Waals surface area contributed by atoms with Crippen molar-refractivity contribution in [3.63, 3.8) is 0 Å². The maximum Gasteiger partial charge on any atom is 0.240 e. The summed E-state index contributed by atoms with van der Waals surface area (Å²) >= 11 is 1.47. The van der Waals surface area contributed by atoms with Crippen LogP contribution >= 0.6 is 11.3 Å². The van der Waals surface area contributed by atoms with Crippen molar-refractivity contribution in [1.29, 1.82) is 0 Å². The number of carbonyl (C=O) groups excluding carboxylic acids is 1. The van der Waals surface area contributed by atoms with Gasteiger partial charge in [0.05, 0.1) is 6.04 Å². The van der Waals surface area contributed by atoms with Gasteiger partial charge in [0.1, 0.15) is 10.8 Å². The van der Waals surface area contributed by atoms with E-state index < -0.39 is 0 Å². The Bertz CT molecular complexity index is 824. The Balaban J connectivity index is 1.48. The van der Waals surface area contributed by atoms with Crippen molar-refractivity contribution in [1.82, 2.24) is 20.0 Å². The van der Waals surface area contributed by atoms with E-state index in [9.17, 15) is 9.18 Å². The number of carbonyl (C=O) groups is 1. The molecule has 2 unspecified atom stereocenters. The number of nitrogens with zero attached hydrogens (tertiary/aromatic N) is 4. The number of halogens is 1. The van der Waals surface area contributed by atoms with Gasteiger partial charge in [-0.15, -0.1) is 10.2 Å². The van der Waals surface area contributed by atoms with Crippen LogP contribution in [-0.2, 0) is 4.79 Å². The fourth-order valence-corrected chi connectivity index (χ4v) is 5.17. The highest BCUT2D eigenvalue weighted by Crippen LogP contribution is 2.35. The van der Waals surface area contributed by atoms with E-state index in [0.29, 0.717) is 10.6 Å². The summed E-state index contributed by atoms with van der Waals surface area (Å²) in [7, 11) is 0. The third-order valence-corrected chi connectivity index (χ3v) is 6.74. The van der Waals surface area contributed by atoms with Crippen LogP contribution in [0.25, 0.3) is 10.6 Å². The number of aromatic nitrogens is 2. The number of likely N-dealkylation sites (tertiary alicyclic amines) is 2. The third kappa shape index (κ3) is 3.62. The third-order valence-electron chi connectivity index (χ3n) is 5.62. The van der Waals surface area contributed by atoms with Gasteiger partial charge in [-0.2, -0.15) is 0 Å². The van der Waals surface area contributed by atoms with E-state index in [2.05, 4.69) is 28.9 Å². The molecule has 2 aromatic rings. The Hall–Kier alpha value is -1.86. The van der Waals surface area contributed by atoms with Crippen molar-refractivity contribution in [3.8, 4) is 10.6 Å². The zero-order valence-corrected chi connectivity index (χ0v) is 16.6. The molecule has 144 valence electrons. The molecule has 0 saturated carbocycles. The molecule has 2 atom stereocenters. The average molecular weight is 389 g/mol. The minimum Gasteiger partial charge on any atom is -0.339 e. The number of rotatable bonds is 4. The summed E-state index contributed by atoms with van der Waals surface area (Å²) in [4.78, 5) is 17.0. The summed E-state index contributed by atoms with van der Waals surface area (Å²) in [6.45, 7) is 6.78. The quantitative estimate of drug-likeness (QED) is 0.804. The first-order valence-electron chi connectivity index (χ1n) is 9.67. The van der Waals surface area contributed by atoms with Crippen LogP contribution in [0, 0.1) is 5.82 Å². The summed E-state index contributed by atoms with van der Waals surface area (Å²) in [5.41, 5.74) is 0.507. The molecule has 0 aliphatic carbocycles. The van der Waals surface area contributed by atoms with Crippen LogP contribution < -0.4 is 0 Å². The maximum atomic E-state index is 14.0. The van der Waals surface area contributed by atoms with E-state index >= 15 is 0 Å². The molecular weight excluding hydrogens is 363 g/mol. The summed E-state index contributed by atoms with van der Waals surface area (Å²) in [6.07, 6.45) is 2.99. The lowest BCUT2D eigenvalue weighted by Crippen LogP contribution is -2.47. The number of piperidine rings is 1. The normalized spacial score (nSPS) is 24.1. The molecule has 3 heterocycles. The molecule has 2 aliphatic rings. The van der Waals surface area contributed by atoms with Crippen molar-refractivity contribution in [2.45, 2.75) is 51.1 Å². The van der Waals surface area contributed by atoms with Crippen molar-refractivity contribution < 1.29 is 9.18 Å². The van der Waals surface area contributed by atoms with Crippen molar-refractivity contribution >= 4 is 17.2 Å². The number of amides is 1. The van der Waals surface area contributed by atoms with E-state index in [1.54, 1.807) is 12.1 Å². The number of benzene rings is 1. The monoisotopic (exact) mass is 388 g/mol. The van der Waals surface area contributed by atoms with E-state index in [1.165, 1.54) is 17.4 Å². The van der Waals surface area contributed by atoms with Crippen molar-refractivity contribution in [2.75, 3.05) is 19.6 Å². The summed E-state index contributed by atoms with van der Waals surface area (Å²) < 4.78 is 14.0. The van der Waals surface area contributed by atoms with Gasteiger partial charge in [0.15, 0.2) is 5.01 Å². The predicted octanol–water partition coefficient (Wildman–Crippen LogP) is 3.53. The van der Waals surface area contributed by atoms with Crippen molar-refractivity contribution in [3.05, 3.63) is 35.1 Å². The van der Waals surface area contributed by atoms with E-state index in [1.807, 2.05) is 11.0 Å². The second kappa shape index (κ2) is 7.64. The Morgan fingerprint density at radius 1 is 1.19 bits per heavy atom. The Morgan fingerprint density at radius 2 is 2.00 bits per heavy atom. The second-order valence-corrected chi connectivity index (χ2v) is 8.70. The van der Waals surface area contributed by atoms with Crippen LogP contribution in [0.4, 0.5) is 4.39 Å². The van der Waals surface area contributed by atoms with Gasteiger partial charge >= 0.3 is 0 Å². The summed E-state index contributed by atoms with van der Waals surface area (Å²) in [6, 6.07) is 6.94. The summed E-state index contributed by atoms with van der Waals surface area (Å²) in [5, 5.41) is 10.2. The minimum absolute atomic E-state index is 0.00541. The molecule has 1 aromatic carbocycles. The number of hydrogen-bond donors (Lipinski definition) is 0. The fraction of sp³-hybridized carbons (Fsp3) is 0.550. The van der Waals surface area contributed by atoms with Gasteiger partial charge in [-0.1, -0.05) is 23.5 Å². The van der Waals surface area contributed by atoms with Gasteiger partial charge in [0.25, 0.3) is 0 Å². The first kappa shape index (κ1) is 18.5. The minimum atomic E-state index is -0.268. The van der Waals surface area contributed by atoms with Crippen molar-refractivity contribution in [2.24, 2.45) is 0 Å². The van der Waals surface area contributed by atoms with Crippen LogP contribution in [0.3, 0.4) is 0 Å². The zero-order valence-electron chi connectivity index (χ0n) is 15.8. The highest BCUT2D eigenvalue weighted by atomic mass is 32.1. The van der Waals surface area contributed by atoms with E-state index in [-0.39, 0.29) is 29.7 Å². The highest BCUT2D eigenvalue weighted by Gasteiger charge is 2.39.